The third-order valence-electron chi connectivity index (χ3n) is 5.27. The number of Topliss-reactive ketones (excluding diaryl/α,β-unsaturated/α-hetero) is 1. The number of ether oxygens (including phenoxy) is 5. The molecular formula is C26H22O7. The average Bonchev–Trinajstić information content (AvgIpc) is 3.16. The molecule has 0 spiro atoms. The molecular weight excluding hydrogens is 424 g/mol. The van der Waals surface area contributed by atoms with Crippen LogP contribution in [0.15, 0.2) is 60.4 Å². The Hall–Kier alpha value is -4.26. The van der Waals surface area contributed by atoms with Crippen LogP contribution >= 0.6 is 0 Å². The zero-order valence-corrected chi connectivity index (χ0v) is 18.6. The fourth-order valence-electron chi connectivity index (χ4n) is 3.46. The first-order valence-corrected chi connectivity index (χ1v) is 10.1. The smallest absolute Gasteiger partial charge is 0.343 e. The minimum atomic E-state index is -0.522. The fourth-order valence-corrected chi connectivity index (χ4v) is 3.46. The van der Waals surface area contributed by atoms with Crippen LogP contribution in [0.25, 0.3) is 6.08 Å². The van der Waals surface area contributed by atoms with Gasteiger partial charge in [0.15, 0.2) is 17.3 Å². The van der Waals surface area contributed by atoms with Crippen LogP contribution in [0.3, 0.4) is 0 Å². The van der Waals surface area contributed by atoms with Crippen LogP contribution in [0.5, 0.6) is 28.7 Å². The van der Waals surface area contributed by atoms with E-state index >= 15 is 0 Å². The Bertz CT molecular complexity index is 1260. The number of fused-ring (bicyclic) bond motifs is 1. The van der Waals surface area contributed by atoms with Gasteiger partial charge >= 0.3 is 5.97 Å². The van der Waals surface area contributed by atoms with E-state index < -0.39 is 5.97 Å². The standard InChI is InChI=1S/C26H22O7/c1-15-20(33-26(28)17-6-8-18(29-2)9-7-17)12-10-19-24(27)23(32-25(15)19)14-16-5-11-21(30-3)22(13-16)31-4/h5-14H,1-4H3/b23-14-. The summed E-state index contributed by atoms with van der Waals surface area (Å²) in [6.45, 7) is 1.74. The summed E-state index contributed by atoms with van der Waals surface area (Å²) in [7, 11) is 4.65. The molecule has 33 heavy (non-hydrogen) atoms. The Morgan fingerprint density at radius 2 is 1.55 bits per heavy atom. The van der Waals surface area contributed by atoms with Gasteiger partial charge < -0.3 is 23.7 Å². The van der Waals surface area contributed by atoms with E-state index in [1.54, 1.807) is 88.9 Å². The number of hydrogen-bond acceptors (Lipinski definition) is 7. The molecule has 168 valence electrons. The van der Waals surface area contributed by atoms with Crippen LogP contribution < -0.4 is 23.7 Å². The van der Waals surface area contributed by atoms with Gasteiger partial charge in [0, 0.05) is 5.56 Å². The van der Waals surface area contributed by atoms with E-state index in [0.717, 1.165) is 0 Å². The van der Waals surface area contributed by atoms with E-state index in [4.69, 9.17) is 23.7 Å². The van der Waals surface area contributed by atoms with Gasteiger partial charge in [-0.2, -0.15) is 0 Å². The van der Waals surface area contributed by atoms with Crippen molar-refractivity contribution in [3.8, 4) is 28.7 Å². The quantitative estimate of drug-likeness (QED) is 0.304. The average molecular weight is 446 g/mol. The largest absolute Gasteiger partial charge is 0.497 e. The summed E-state index contributed by atoms with van der Waals surface area (Å²) in [5, 5.41) is 0. The molecule has 0 saturated carbocycles. The summed E-state index contributed by atoms with van der Waals surface area (Å²) >= 11 is 0. The number of rotatable bonds is 6. The minimum absolute atomic E-state index is 0.166. The highest BCUT2D eigenvalue weighted by Crippen LogP contribution is 2.40. The SMILES string of the molecule is COc1ccc(C(=O)Oc2ccc3c(c2C)O/C(=C\c2ccc(OC)c(OC)c2)C3=O)cc1. The van der Waals surface area contributed by atoms with Gasteiger partial charge in [0.1, 0.15) is 17.2 Å². The second kappa shape index (κ2) is 9.08. The molecule has 0 fully saturated rings. The summed E-state index contributed by atoms with van der Waals surface area (Å²) < 4.78 is 27.1. The van der Waals surface area contributed by atoms with Crippen LogP contribution in [0, 0.1) is 6.92 Å². The molecule has 0 saturated heterocycles. The van der Waals surface area contributed by atoms with Crippen molar-refractivity contribution in [3.05, 3.63) is 82.6 Å². The Kier molecular flexibility index (Phi) is 6.04. The fraction of sp³-hybridized carbons (Fsp3) is 0.154. The lowest BCUT2D eigenvalue weighted by atomic mass is 10.1. The molecule has 0 bridgehead atoms. The molecule has 1 heterocycles. The van der Waals surface area contributed by atoms with Crippen molar-refractivity contribution < 1.29 is 33.3 Å². The number of ketones is 1. The van der Waals surface area contributed by atoms with Crippen molar-refractivity contribution >= 4 is 17.8 Å². The summed E-state index contributed by atoms with van der Waals surface area (Å²) in [6.07, 6.45) is 1.63. The summed E-state index contributed by atoms with van der Waals surface area (Å²) in [6, 6.07) is 15.1. The highest BCUT2D eigenvalue weighted by molar-refractivity contribution is 6.15. The first kappa shape index (κ1) is 22.0. The molecule has 7 nitrogen and oxygen atoms in total. The van der Waals surface area contributed by atoms with Gasteiger partial charge in [-0.05, 0) is 67.1 Å². The molecule has 1 aliphatic heterocycles. The van der Waals surface area contributed by atoms with Gasteiger partial charge in [-0.1, -0.05) is 6.07 Å². The van der Waals surface area contributed by atoms with Gasteiger partial charge in [-0.25, -0.2) is 4.79 Å². The van der Waals surface area contributed by atoms with Crippen LogP contribution in [0.1, 0.15) is 31.8 Å². The van der Waals surface area contributed by atoms with Crippen LogP contribution in [-0.2, 0) is 0 Å². The Balaban J connectivity index is 1.58. The van der Waals surface area contributed by atoms with E-state index in [1.165, 1.54) is 0 Å². The molecule has 0 atom stereocenters. The van der Waals surface area contributed by atoms with E-state index in [2.05, 4.69) is 0 Å². The zero-order valence-electron chi connectivity index (χ0n) is 18.6. The third-order valence-corrected chi connectivity index (χ3v) is 5.27. The van der Waals surface area contributed by atoms with Crippen molar-refractivity contribution in [3.63, 3.8) is 0 Å². The first-order valence-electron chi connectivity index (χ1n) is 10.1. The normalized spacial score (nSPS) is 13.3. The van der Waals surface area contributed by atoms with Crippen LogP contribution in [-0.4, -0.2) is 33.1 Å². The number of allylic oxidation sites excluding steroid dienone is 1. The molecule has 1 aliphatic rings. The topological polar surface area (TPSA) is 80.3 Å². The van der Waals surface area contributed by atoms with E-state index in [0.29, 0.717) is 51.0 Å². The lowest BCUT2D eigenvalue weighted by molar-refractivity contribution is 0.0733. The lowest BCUT2D eigenvalue weighted by Gasteiger charge is -2.10. The zero-order chi connectivity index (χ0) is 23.5. The molecule has 4 rings (SSSR count). The lowest BCUT2D eigenvalue weighted by Crippen LogP contribution is -2.09. The number of carbonyl (C=O) groups is 2. The van der Waals surface area contributed by atoms with Crippen LogP contribution in [0.2, 0.25) is 0 Å². The van der Waals surface area contributed by atoms with E-state index in [-0.39, 0.29) is 11.5 Å². The number of hydrogen-bond donors (Lipinski definition) is 0. The first-order chi connectivity index (χ1) is 15.9. The predicted molar refractivity (Wildman–Crippen MR) is 122 cm³/mol. The van der Waals surface area contributed by atoms with Crippen molar-refractivity contribution in [2.24, 2.45) is 0 Å². The van der Waals surface area contributed by atoms with Crippen LogP contribution in [0.4, 0.5) is 0 Å². The van der Waals surface area contributed by atoms with Crippen molar-refractivity contribution in [1.29, 1.82) is 0 Å². The molecule has 0 unspecified atom stereocenters. The molecule has 3 aromatic carbocycles. The van der Waals surface area contributed by atoms with E-state index in [9.17, 15) is 9.59 Å². The van der Waals surface area contributed by atoms with Gasteiger partial charge in [0.05, 0.1) is 32.5 Å². The summed E-state index contributed by atoms with van der Waals surface area (Å²) in [5.74, 6) is 1.84. The maximum Gasteiger partial charge on any atom is 0.343 e. The maximum absolute atomic E-state index is 12.9. The molecule has 0 aromatic heterocycles. The second-order valence-corrected chi connectivity index (χ2v) is 7.24. The van der Waals surface area contributed by atoms with Gasteiger partial charge in [0.2, 0.25) is 5.78 Å². The number of carbonyl (C=O) groups excluding carboxylic acids is 2. The van der Waals surface area contributed by atoms with Gasteiger partial charge in [-0.3, -0.25) is 4.79 Å². The third kappa shape index (κ3) is 4.25. The molecule has 7 heteroatoms. The van der Waals surface area contributed by atoms with E-state index in [1.807, 2.05) is 0 Å². The highest BCUT2D eigenvalue weighted by atomic mass is 16.5. The number of esters is 1. The Labute approximate surface area is 191 Å². The van der Waals surface area contributed by atoms with Crippen molar-refractivity contribution in [1.82, 2.24) is 0 Å². The minimum Gasteiger partial charge on any atom is -0.497 e. The molecule has 0 amide bonds. The molecule has 3 aromatic rings. The Morgan fingerprint density at radius 1 is 0.848 bits per heavy atom. The molecule has 0 aliphatic carbocycles. The van der Waals surface area contributed by atoms with Crippen molar-refractivity contribution in [2.45, 2.75) is 6.92 Å². The highest BCUT2D eigenvalue weighted by Gasteiger charge is 2.30. The maximum atomic E-state index is 12.9. The molecule has 0 N–H and O–H groups in total. The summed E-state index contributed by atoms with van der Waals surface area (Å²) in [4.78, 5) is 25.4. The molecule has 0 radical (unpaired) electrons. The van der Waals surface area contributed by atoms with Gasteiger partial charge in [-0.15, -0.1) is 0 Å². The van der Waals surface area contributed by atoms with Gasteiger partial charge in [0.25, 0.3) is 0 Å². The second-order valence-electron chi connectivity index (χ2n) is 7.24. The monoisotopic (exact) mass is 446 g/mol. The number of benzene rings is 3. The Morgan fingerprint density at radius 3 is 2.21 bits per heavy atom. The summed E-state index contributed by atoms with van der Waals surface area (Å²) in [5.41, 5.74) is 2.05. The predicted octanol–water partition coefficient (Wildman–Crippen LogP) is 4.86. The van der Waals surface area contributed by atoms with Crippen molar-refractivity contribution in [2.75, 3.05) is 21.3 Å². The number of methoxy groups -OCH3 is 3.